The zero-order chi connectivity index (χ0) is 13.1. The van der Waals surface area contributed by atoms with E-state index in [4.69, 9.17) is 4.42 Å². The summed E-state index contributed by atoms with van der Waals surface area (Å²) in [6, 6.07) is 3.88. The van der Waals surface area contributed by atoms with Crippen LogP contribution < -0.4 is 5.32 Å². The molecule has 0 radical (unpaired) electrons. The molecule has 18 heavy (non-hydrogen) atoms. The van der Waals surface area contributed by atoms with E-state index in [-0.39, 0.29) is 0 Å². The van der Waals surface area contributed by atoms with Gasteiger partial charge >= 0.3 is 0 Å². The average Bonchev–Trinajstić information content (AvgIpc) is 2.83. The number of aromatic nitrogens is 2. The molecule has 0 aliphatic rings. The number of aryl methyl sites for hydroxylation is 2. The second-order valence-electron chi connectivity index (χ2n) is 3.95. The van der Waals surface area contributed by atoms with Crippen LogP contribution in [0.4, 0.5) is 5.82 Å². The fourth-order valence-electron chi connectivity index (χ4n) is 1.64. The fourth-order valence-corrected chi connectivity index (χ4v) is 1.96. The van der Waals surface area contributed by atoms with Gasteiger partial charge in [-0.2, -0.15) is 0 Å². The maximum atomic E-state index is 5.68. The average molecular weight is 310 g/mol. The summed E-state index contributed by atoms with van der Waals surface area (Å²) in [5.41, 5.74) is 0.894. The van der Waals surface area contributed by atoms with Crippen molar-refractivity contribution in [1.29, 1.82) is 0 Å². The molecule has 0 fully saturated rings. The summed E-state index contributed by atoms with van der Waals surface area (Å²) in [6.07, 6.45) is 0.871. The molecule has 0 saturated heterocycles. The molecule has 2 heterocycles. The van der Waals surface area contributed by atoms with E-state index in [1.54, 1.807) is 0 Å². The first-order valence-corrected chi connectivity index (χ1v) is 6.82. The van der Waals surface area contributed by atoms with E-state index < -0.39 is 0 Å². The monoisotopic (exact) mass is 309 g/mol. The van der Waals surface area contributed by atoms with Gasteiger partial charge in [-0.3, -0.25) is 0 Å². The minimum absolute atomic E-state index is 0.617. The Balaban J connectivity index is 2.44. The van der Waals surface area contributed by atoms with E-state index in [9.17, 15) is 0 Å². The van der Waals surface area contributed by atoms with Crippen molar-refractivity contribution in [2.24, 2.45) is 0 Å². The Morgan fingerprint density at radius 2 is 2.06 bits per heavy atom. The van der Waals surface area contributed by atoms with Crippen molar-refractivity contribution in [3.05, 3.63) is 28.1 Å². The van der Waals surface area contributed by atoms with Crippen LogP contribution in [0.5, 0.6) is 0 Å². The molecule has 96 valence electrons. The van der Waals surface area contributed by atoms with Crippen molar-refractivity contribution in [2.75, 3.05) is 11.9 Å². The van der Waals surface area contributed by atoms with Crippen LogP contribution in [0.25, 0.3) is 11.6 Å². The Bertz CT molecular complexity index is 551. The number of halogens is 1. The topological polar surface area (TPSA) is 51.0 Å². The largest absolute Gasteiger partial charge is 0.458 e. The summed E-state index contributed by atoms with van der Waals surface area (Å²) in [4.78, 5) is 8.92. The molecule has 0 aromatic carbocycles. The Labute approximate surface area is 115 Å². The smallest absolute Gasteiger partial charge is 0.197 e. The number of hydrogen-bond donors (Lipinski definition) is 1. The van der Waals surface area contributed by atoms with Crippen LogP contribution in [0.3, 0.4) is 0 Å². The minimum Gasteiger partial charge on any atom is -0.458 e. The quantitative estimate of drug-likeness (QED) is 0.933. The first-order chi connectivity index (χ1) is 8.65. The third kappa shape index (κ3) is 2.56. The molecule has 0 unspecified atom stereocenters. The molecule has 5 heteroatoms. The molecule has 4 nitrogen and oxygen atoms in total. The van der Waals surface area contributed by atoms with Crippen LogP contribution in [0, 0.1) is 6.92 Å². The molecule has 2 rings (SSSR count). The van der Waals surface area contributed by atoms with E-state index in [0.29, 0.717) is 11.6 Å². The van der Waals surface area contributed by atoms with Crippen LogP contribution in [-0.2, 0) is 6.42 Å². The Kier molecular flexibility index (Phi) is 4.01. The van der Waals surface area contributed by atoms with Gasteiger partial charge in [0.05, 0.1) is 10.2 Å². The second-order valence-corrected chi connectivity index (χ2v) is 4.74. The van der Waals surface area contributed by atoms with Gasteiger partial charge in [-0.15, -0.1) is 0 Å². The standard InChI is InChI=1S/C13H16BrN3O/c1-4-9-6-7-10(18-9)12-16-8(3)11(14)13(17-12)15-5-2/h6-7H,4-5H2,1-3H3,(H,15,16,17). The van der Waals surface area contributed by atoms with Gasteiger partial charge in [0.15, 0.2) is 11.6 Å². The van der Waals surface area contributed by atoms with Crippen molar-refractivity contribution in [1.82, 2.24) is 9.97 Å². The van der Waals surface area contributed by atoms with Crippen molar-refractivity contribution in [3.8, 4) is 11.6 Å². The maximum Gasteiger partial charge on any atom is 0.197 e. The van der Waals surface area contributed by atoms with Gasteiger partial charge in [0.1, 0.15) is 11.6 Å². The molecule has 1 N–H and O–H groups in total. The predicted octanol–water partition coefficient (Wildman–Crippen LogP) is 3.80. The Morgan fingerprint density at radius 1 is 1.28 bits per heavy atom. The number of rotatable bonds is 4. The number of anilines is 1. The van der Waals surface area contributed by atoms with Crippen molar-refractivity contribution in [2.45, 2.75) is 27.2 Å². The third-order valence-corrected chi connectivity index (χ3v) is 3.54. The molecule has 2 aromatic rings. The van der Waals surface area contributed by atoms with Crippen LogP contribution >= 0.6 is 15.9 Å². The lowest BCUT2D eigenvalue weighted by atomic mass is 10.3. The summed E-state index contributed by atoms with van der Waals surface area (Å²) in [7, 11) is 0. The minimum atomic E-state index is 0.617. The highest BCUT2D eigenvalue weighted by Gasteiger charge is 2.12. The molecule has 0 saturated carbocycles. The van der Waals surface area contributed by atoms with Gasteiger partial charge < -0.3 is 9.73 Å². The lowest BCUT2D eigenvalue weighted by Gasteiger charge is -2.08. The van der Waals surface area contributed by atoms with Gasteiger partial charge in [0.25, 0.3) is 0 Å². The highest BCUT2D eigenvalue weighted by molar-refractivity contribution is 9.10. The Morgan fingerprint density at radius 3 is 2.67 bits per heavy atom. The van der Waals surface area contributed by atoms with E-state index in [0.717, 1.165) is 34.7 Å². The van der Waals surface area contributed by atoms with Gasteiger partial charge in [0.2, 0.25) is 0 Å². The van der Waals surface area contributed by atoms with Gasteiger partial charge in [-0.1, -0.05) is 6.92 Å². The van der Waals surface area contributed by atoms with Crippen molar-refractivity contribution >= 4 is 21.7 Å². The number of nitrogens with zero attached hydrogens (tertiary/aromatic N) is 2. The summed E-state index contributed by atoms with van der Waals surface area (Å²) in [5.74, 6) is 3.07. The molecule has 0 aliphatic carbocycles. The van der Waals surface area contributed by atoms with Crippen LogP contribution in [0.2, 0.25) is 0 Å². The van der Waals surface area contributed by atoms with Gasteiger partial charge in [-0.05, 0) is 41.9 Å². The number of furan rings is 1. The zero-order valence-electron chi connectivity index (χ0n) is 10.7. The van der Waals surface area contributed by atoms with E-state index >= 15 is 0 Å². The molecule has 2 aromatic heterocycles. The van der Waals surface area contributed by atoms with Crippen LogP contribution in [0.15, 0.2) is 21.0 Å². The zero-order valence-corrected chi connectivity index (χ0v) is 12.3. The van der Waals surface area contributed by atoms with Crippen molar-refractivity contribution in [3.63, 3.8) is 0 Å². The fraction of sp³-hybridized carbons (Fsp3) is 0.385. The number of nitrogens with one attached hydrogen (secondary N) is 1. The van der Waals surface area contributed by atoms with Crippen LogP contribution in [0.1, 0.15) is 25.3 Å². The highest BCUT2D eigenvalue weighted by atomic mass is 79.9. The first kappa shape index (κ1) is 13.1. The molecular weight excluding hydrogens is 294 g/mol. The van der Waals surface area contributed by atoms with E-state index in [2.05, 4.69) is 38.1 Å². The summed E-state index contributed by atoms with van der Waals surface area (Å²) in [6.45, 7) is 6.85. The Hall–Kier alpha value is -1.36. The lowest BCUT2D eigenvalue weighted by Crippen LogP contribution is -2.04. The SMILES string of the molecule is CCNc1nc(-c2ccc(CC)o2)nc(C)c1Br. The van der Waals surface area contributed by atoms with Crippen molar-refractivity contribution < 1.29 is 4.42 Å². The third-order valence-electron chi connectivity index (χ3n) is 2.59. The normalized spacial score (nSPS) is 10.7. The van der Waals surface area contributed by atoms with Gasteiger partial charge in [0, 0.05) is 13.0 Å². The molecule has 0 aliphatic heterocycles. The predicted molar refractivity (Wildman–Crippen MR) is 75.7 cm³/mol. The summed E-state index contributed by atoms with van der Waals surface area (Å²) in [5, 5.41) is 3.21. The maximum absolute atomic E-state index is 5.68. The van der Waals surface area contributed by atoms with Crippen LogP contribution in [-0.4, -0.2) is 16.5 Å². The molecule has 0 amide bonds. The number of hydrogen-bond acceptors (Lipinski definition) is 4. The molecule has 0 spiro atoms. The first-order valence-electron chi connectivity index (χ1n) is 6.02. The molecular formula is C13H16BrN3O. The summed E-state index contributed by atoms with van der Waals surface area (Å²) >= 11 is 3.49. The highest BCUT2D eigenvalue weighted by Crippen LogP contribution is 2.27. The lowest BCUT2D eigenvalue weighted by molar-refractivity contribution is 0.525. The summed E-state index contributed by atoms with van der Waals surface area (Å²) < 4.78 is 6.58. The molecule has 0 atom stereocenters. The molecule has 0 bridgehead atoms. The second kappa shape index (κ2) is 5.52. The van der Waals surface area contributed by atoms with Gasteiger partial charge in [-0.25, -0.2) is 9.97 Å². The van der Waals surface area contributed by atoms with E-state index in [1.807, 2.05) is 26.0 Å². The van der Waals surface area contributed by atoms with E-state index in [1.165, 1.54) is 0 Å².